The fourth-order valence-electron chi connectivity index (χ4n) is 1.24. The predicted octanol–water partition coefficient (Wildman–Crippen LogP) is 0.991. The van der Waals surface area contributed by atoms with Gasteiger partial charge >= 0.3 is 0 Å². The number of methoxy groups -OCH3 is 1. The molecular formula is C11H16N2O2. The average molecular weight is 208 g/mol. The molecule has 1 aromatic carbocycles. The number of benzene rings is 1. The molecule has 0 fully saturated rings. The number of ether oxygens (including phenoxy) is 1. The number of amides is 1. The Morgan fingerprint density at radius 2 is 2.00 bits per heavy atom. The summed E-state index contributed by atoms with van der Waals surface area (Å²) in [6, 6.07) is 7.69. The number of hydrogen-bond acceptors (Lipinski definition) is 3. The third-order valence-corrected chi connectivity index (χ3v) is 1.89. The van der Waals surface area contributed by atoms with Crippen LogP contribution >= 0.6 is 0 Å². The second-order valence-corrected chi connectivity index (χ2v) is 3.21. The van der Waals surface area contributed by atoms with Crippen molar-refractivity contribution in [3.8, 4) is 0 Å². The highest BCUT2D eigenvalue weighted by Gasteiger charge is 2.00. The van der Waals surface area contributed by atoms with Crippen LogP contribution in [0.15, 0.2) is 24.3 Å². The Bertz CT molecular complexity index is 309. The zero-order valence-corrected chi connectivity index (χ0v) is 9.04. The second-order valence-electron chi connectivity index (χ2n) is 3.21. The van der Waals surface area contributed by atoms with Crippen LogP contribution in [0.5, 0.6) is 0 Å². The zero-order valence-electron chi connectivity index (χ0n) is 9.04. The van der Waals surface area contributed by atoms with E-state index >= 15 is 0 Å². The Balaban J connectivity index is 2.52. The van der Waals surface area contributed by atoms with Gasteiger partial charge in [-0.15, -0.1) is 0 Å². The van der Waals surface area contributed by atoms with Gasteiger partial charge in [0.05, 0.1) is 0 Å². The molecule has 0 unspecified atom stereocenters. The fourth-order valence-corrected chi connectivity index (χ4v) is 1.24. The predicted molar refractivity (Wildman–Crippen MR) is 59.7 cm³/mol. The number of hydrogen-bond donors (Lipinski definition) is 2. The zero-order chi connectivity index (χ0) is 11.1. The smallest absolute Gasteiger partial charge is 0.250 e. The summed E-state index contributed by atoms with van der Waals surface area (Å²) in [6.07, 6.45) is 0. The molecule has 0 aliphatic carbocycles. The molecule has 4 nitrogen and oxygen atoms in total. The summed E-state index contributed by atoms with van der Waals surface area (Å²) in [6.45, 7) is 0.907. The van der Waals surface area contributed by atoms with Crippen LogP contribution in [0.25, 0.3) is 0 Å². The molecule has 82 valence electrons. The van der Waals surface area contributed by atoms with Gasteiger partial charge in [0.25, 0.3) is 0 Å². The molecule has 0 spiro atoms. The number of carbonyl (C=O) groups is 1. The molecule has 0 aliphatic heterocycles. The first-order chi connectivity index (χ1) is 7.26. The minimum absolute atomic E-state index is 0.0816. The van der Waals surface area contributed by atoms with E-state index in [-0.39, 0.29) is 12.5 Å². The summed E-state index contributed by atoms with van der Waals surface area (Å²) in [5, 5.41) is 5.78. The lowest BCUT2D eigenvalue weighted by molar-refractivity contribution is -0.119. The normalized spacial score (nSPS) is 10.0. The molecular weight excluding hydrogens is 192 g/mol. The van der Waals surface area contributed by atoms with Gasteiger partial charge in [-0.1, -0.05) is 12.1 Å². The van der Waals surface area contributed by atoms with E-state index in [4.69, 9.17) is 4.74 Å². The summed E-state index contributed by atoms with van der Waals surface area (Å²) >= 11 is 0. The van der Waals surface area contributed by atoms with Gasteiger partial charge in [-0.2, -0.15) is 0 Å². The summed E-state index contributed by atoms with van der Waals surface area (Å²) < 4.78 is 4.72. The van der Waals surface area contributed by atoms with Crippen molar-refractivity contribution in [2.24, 2.45) is 0 Å². The molecule has 0 saturated heterocycles. The van der Waals surface area contributed by atoms with E-state index in [9.17, 15) is 4.79 Å². The van der Waals surface area contributed by atoms with E-state index in [1.807, 2.05) is 31.3 Å². The number of nitrogens with one attached hydrogen (secondary N) is 2. The molecule has 1 amide bonds. The Morgan fingerprint density at radius 3 is 2.53 bits per heavy atom. The molecule has 1 rings (SSSR count). The maximum absolute atomic E-state index is 11.2. The monoisotopic (exact) mass is 208 g/mol. The van der Waals surface area contributed by atoms with Gasteiger partial charge in [-0.25, -0.2) is 0 Å². The van der Waals surface area contributed by atoms with Crippen LogP contribution in [0.1, 0.15) is 5.56 Å². The van der Waals surface area contributed by atoms with Crippen molar-refractivity contribution < 1.29 is 9.53 Å². The highest BCUT2D eigenvalue weighted by Crippen LogP contribution is 2.09. The summed E-state index contributed by atoms with van der Waals surface area (Å²) in [7, 11) is 3.39. The standard InChI is InChI=1S/C11H16N2O2/c1-12-7-9-3-5-10(6-4-9)13-11(14)8-15-2/h3-6,12H,7-8H2,1-2H3,(H,13,14). The summed E-state index contributed by atoms with van der Waals surface area (Å²) in [5.74, 6) is -0.140. The molecule has 2 N–H and O–H groups in total. The largest absolute Gasteiger partial charge is 0.375 e. The summed E-state index contributed by atoms with van der Waals surface area (Å²) in [5.41, 5.74) is 1.97. The van der Waals surface area contributed by atoms with E-state index in [1.54, 1.807) is 0 Å². The second kappa shape index (κ2) is 6.16. The molecule has 15 heavy (non-hydrogen) atoms. The lowest BCUT2D eigenvalue weighted by Gasteiger charge is -2.05. The average Bonchev–Trinajstić information content (AvgIpc) is 2.22. The number of anilines is 1. The fraction of sp³-hybridized carbons (Fsp3) is 0.364. The Labute approximate surface area is 89.6 Å². The van der Waals surface area contributed by atoms with Crippen molar-refractivity contribution in [1.29, 1.82) is 0 Å². The van der Waals surface area contributed by atoms with Gasteiger partial charge in [-0.3, -0.25) is 4.79 Å². The van der Waals surface area contributed by atoms with Crippen molar-refractivity contribution in [2.45, 2.75) is 6.54 Å². The van der Waals surface area contributed by atoms with Gasteiger partial charge in [0.15, 0.2) is 0 Å². The first kappa shape index (κ1) is 11.7. The van der Waals surface area contributed by atoms with Gasteiger partial charge in [0, 0.05) is 19.3 Å². The quantitative estimate of drug-likeness (QED) is 0.758. The van der Waals surface area contributed by atoms with E-state index in [0.29, 0.717) is 0 Å². The maximum Gasteiger partial charge on any atom is 0.250 e. The van der Waals surface area contributed by atoms with E-state index in [0.717, 1.165) is 12.2 Å². The molecule has 0 aromatic heterocycles. The van der Waals surface area contributed by atoms with E-state index < -0.39 is 0 Å². The van der Waals surface area contributed by atoms with Crippen molar-refractivity contribution >= 4 is 11.6 Å². The van der Waals surface area contributed by atoms with E-state index in [2.05, 4.69) is 10.6 Å². The molecule has 0 heterocycles. The van der Waals surface area contributed by atoms with Crippen molar-refractivity contribution in [3.63, 3.8) is 0 Å². The molecule has 0 atom stereocenters. The SMILES string of the molecule is CNCc1ccc(NC(=O)COC)cc1. The van der Waals surface area contributed by atoms with Crippen LogP contribution in [-0.4, -0.2) is 26.7 Å². The first-order valence-corrected chi connectivity index (χ1v) is 4.78. The molecule has 0 radical (unpaired) electrons. The molecule has 0 bridgehead atoms. The lowest BCUT2D eigenvalue weighted by Crippen LogP contribution is -2.17. The Kier molecular flexibility index (Phi) is 4.80. The third-order valence-electron chi connectivity index (χ3n) is 1.89. The van der Waals surface area contributed by atoms with Crippen LogP contribution in [0.3, 0.4) is 0 Å². The minimum Gasteiger partial charge on any atom is -0.375 e. The van der Waals surface area contributed by atoms with Crippen LogP contribution in [0.2, 0.25) is 0 Å². The number of carbonyl (C=O) groups excluding carboxylic acids is 1. The topological polar surface area (TPSA) is 50.4 Å². The van der Waals surface area contributed by atoms with Crippen LogP contribution in [0, 0.1) is 0 Å². The molecule has 4 heteroatoms. The highest BCUT2D eigenvalue weighted by atomic mass is 16.5. The van der Waals surface area contributed by atoms with Crippen molar-refractivity contribution in [2.75, 3.05) is 26.1 Å². The van der Waals surface area contributed by atoms with Crippen LogP contribution in [-0.2, 0) is 16.1 Å². The van der Waals surface area contributed by atoms with Gasteiger partial charge in [-0.05, 0) is 24.7 Å². The van der Waals surface area contributed by atoms with E-state index in [1.165, 1.54) is 12.7 Å². The van der Waals surface area contributed by atoms with Gasteiger partial charge < -0.3 is 15.4 Å². The van der Waals surface area contributed by atoms with Crippen LogP contribution in [0.4, 0.5) is 5.69 Å². The van der Waals surface area contributed by atoms with Crippen molar-refractivity contribution in [3.05, 3.63) is 29.8 Å². The Hall–Kier alpha value is -1.39. The Morgan fingerprint density at radius 1 is 1.33 bits per heavy atom. The summed E-state index contributed by atoms with van der Waals surface area (Å²) in [4.78, 5) is 11.2. The number of rotatable bonds is 5. The lowest BCUT2D eigenvalue weighted by atomic mass is 10.2. The molecule has 1 aromatic rings. The molecule has 0 aliphatic rings. The first-order valence-electron chi connectivity index (χ1n) is 4.78. The van der Waals surface area contributed by atoms with Gasteiger partial charge in [0.1, 0.15) is 6.61 Å². The third kappa shape index (κ3) is 4.10. The minimum atomic E-state index is -0.140. The van der Waals surface area contributed by atoms with Crippen LogP contribution < -0.4 is 10.6 Å². The van der Waals surface area contributed by atoms with Crippen molar-refractivity contribution in [1.82, 2.24) is 5.32 Å². The van der Waals surface area contributed by atoms with Gasteiger partial charge in [0.2, 0.25) is 5.91 Å². The molecule has 0 saturated carbocycles. The highest BCUT2D eigenvalue weighted by molar-refractivity contribution is 5.91. The maximum atomic E-state index is 11.2.